The van der Waals surface area contributed by atoms with Crippen LogP contribution < -0.4 is 11.1 Å². The second-order valence-corrected chi connectivity index (χ2v) is 7.19. The molecule has 0 spiro atoms. The van der Waals surface area contributed by atoms with E-state index < -0.39 is 0 Å². The third-order valence-electron chi connectivity index (χ3n) is 3.60. The first-order chi connectivity index (χ1) is 9.74. The van der Waals surface area contributed by atoms with Gasteiger partial charge in [0.25, 0.3) is 0 Å². The minimum atomic E-state index is 0.551. The molecule has 1 fully saturated rings. The third-order valence-corrected chi connectivity index (χ3v) is 5.42. The van der Waals surface area contributed by atoms with E-state index in [1.807, 2.05) is 0 Å². The molecular formula is C12H18N6S2. The summed E-state index contributed by atoms with van der Waals surface area (Å²) in [5.74, 6) is 1.22. The highest BCUT2D eigenvalue weighted by atomic mass is 32.1. The van der Waals surface area contributed by atoms with Gasteiger partial charge < -0.3 is 11.1 Å². The highest BCUT2D eigenvalue weighted by Crippen LogP contribution is 2.41. The molecule has 0 aliphatic heterocycles. The Morgan fingerprint density at radius 2 is 2.10 bits per heavy atom. The lowest BCUT2D eigenvalue weighted by molar-refractivity contribution is 0.531. The predicted octanol–water partition coefficient (Wildman–Crippen LogP) is 2.53. The number of nitrogen functional groups attached to an aromatic ring is 1. The Morgan fingerprint density at radius 1 is 1.20 bits per heavy atom. The fourth-order valence-corrected chi connectivity index (χ4v) is 4.39. The highest BCUT2D eigenvalue weighted by Gasteiger charge is 2.29. The topological polar surface area (TPSA) is 89.6 Å². The quantitative estimate of drug-likeness (QED) is 0.882. The summed E-state index contributed by atoms with van der Waals surface area (Å²) in [5, 5.41) is 23.4. The van der Waals surface area contributed by atoms with Crippen LogP contribution in [0.3, 0.4) is 0 Å². The van der Waals surface area contributed by atoms with Crippen LogP contribution in [0.25, 0.3) is 0 Å². The lowest BCUT2D eigenvalue weighted by Crippen LogP contribution is -2.00. The van der Waals surface area contributed by atoms with Crippen LogP contribution in [0, 0.1) is 5.92 Å². The van der Waals surface area contributed by atoms with E-state index in [2.05, 4.69) is 32.6 Å². The monoisotopic (exact) mass is 310 g/mol. The number of nitrogens with one attached hydrogen (secondary N) is 1. The Morgan fingerprint density at radius 3 is 2.85 bits per heavy atom. The maximum absolute atomic E-state index is 5.62. The van der Waals surface area contributed by atoms with Crippen molar-refractivity contribution in [1.29, 1.82) is 0 Å². The summed E-state index contributed by atoms with van der Waals surface area (Å²) in [6, 6.07) is 0. The van der Waals surface area contributed by atoms with Crippen molar-refractivity contribution in [3.8, 4) is 0 Å². The number of nitrogens with two attached hydrogens (primary N) is 1. The summed E-state index contributed by atoms with van der Waals surface area (Å²) < 4.78 is 0. The van der Waals surface area contributed by atoms with Crippen molar-refractivity contribution < 1.29 is 0 Å². The Bertz CT molecular complexity index is 566. The van der Waals surface area contributed by atoms with Gasteiger partial charge in [-0.1, -0.05) is 22.7 Å². The Kier molecular flexibility index (Phi) is 4.11. The maximum Gasteiger partial charge on any atom is 0.205 e. The molecule has 2 unspecified atom stereocenters. The molecule has 8 heteroatoms. The minimum Gasteiger partial charge on any atom is -0.374 e. The molecule has 2 atom stereocenters. The Balaban J connectivity index is 1.58. The lowest BCUT2D eigenvalue weighted by Gasteiger charge is -2.06. The van der Waals surface area contributed by atoms with Crippen molar-refractivity contribution in [3.05, 3.63) is 10.0 Å². The smallest absolute Gasteiger partial charge is 0.205 e. The fourth-order valence-electron chi connectivity index (χ4n) is 2.70. The molecule has 6 nitrogen and oxygen atoms in total. The first kappa shape index (κ1) is 13.7. The molecule has 2 aromatic rings. The van der Waals surface area contributed by atoms with Crippen LogP contribution in [0.1, 0.15) is 42.1 Å². The SMILES string of the molecule is CCNc1nnc(C2CCC(Cc3nnc(N)s3)C2)s1. The predicted molar refractivity (Wildman–Crippen MR) is 82.2 cm³/mol. The first-order valence-electron chi connectivity index (χ1n) is 6.89. The summed E-state index contributed by atoms with van der Waals surface area (Å²) >= 11 is 3.19. The molecule has 2 heterocycles. The second kappa shape index (κ2) is 6.01. The van der Waals surface area contributed by atoms with Crippen molar-refractivity contribution in [1.82, 2.24) is 20.4 Å². The van der Waals surface area contributed by atoms with Crippen LogP contribution in [0.2, 0.25) is 0 Å². The van der Waals surface area contributed by atoms with E-state index in [-0.39, 0.29) is 0 Å². The summed E-state index contributed by atoms with van der Waals surface area (Å²) in [4.78, 5) is 0. The zero-order valence-electron chi connectivity index (χ0n) is 11.4. The molecule has 2 aromatic heterocycles. The van der Waals surface area contributed by atoms with Gasteiger partial charge in [-0.05, 0) is 32.1 Å². The molecule has 3 rings (SSSR count). The molecule has 3 N–H and O–H groups in total. The Hall–Kier alpha value is -1.28. The number of aromatic nitrogens is 4. The van der Waals surface area contributed by atoms with Crippen LogP contribution in [-0.2, 0) is 6.42 Å². The van der Waals surface area contributed by atoms with Gasteiger partial charge in [0, 0.05) is 18.9 Å². The van der Waals surface area contributed by atoms with E-state index in [0.717, 1.165) is 23.1 Å². The molecular weight excluding hydrogens is 292 g/mol. The van der Waals surface area contributed by atoms with Crippen LogP contribution in [0.4, 0.5) is 10.3 Å². The second-order valence-electron chi connectivity index (χ2n) is 5.09. The van der Waals surface area contributed by atoms with Crippen molar-refractivity contribution in [3.63, 3.8) is 0 Å². The lowest BCUT2D eigenvalue weighted by atomic mass is 10.0. The molecule has 1 aliphatic carbocycles. The van der Waals surface area contributed by atoms with Gasteiger partial charge in [-0.15, -0.1) is 20.4 Å². The van der Waals surface area contributed by atoms with E-state index in [9.17, 15) is 0 Å². The number of anilines is 2. The van der Waals surface area contributed by atoms with Crippen LogP contribution in [0.15, 0.2) is 0 Å². The normalized spacial score (nSPS) is 22.2. The molecule has 0 saturated heterocycles. The zero-order chi connectivity index (χ0) is 13.9. The molecule has 1 aliphatic rings. The van der Waals surface area contributed by atoms with E-state index in [4.69, 9.17) is 5.73 Å². The maximum atomic E-state index is 5.62. The average molecular weight is 310 g/mol. The molecule has 108 valence electrons. The third kappa shape index (κ3) is 3.06. The first-order valence-corrected chi connectivity index (χ1v) is 8.53. The number of nitrogens with zero attached hydrogens (tertiary/aromatic N) is 4. The molecule has 20 heavy (non-hydrogen) atoms. The van der Waals surface area contributed by atoms with E-state index >= 15 is 0 Å². The van der Waals surface area contributed by atoms with Gasteiger partial charge in [-0.2, -0.15) is 0 Å². The van der Waals surface area contributed by atoms with Gasteiger partial charge in [0.1, 0.15) is 10.0 Å². The molecule has 0 aromatic carbocycles. The number of hydrogen-bond acceptors (Lipinski definition) is 8. The minimum absolute atomic E-state index is 0.551. The van der Waals surface area contributed by atoms with E-state index in [1.54, 1.807) is 11.3 Å². The van der Waals surface area contributed by atoms with Crippen LogP contribution in [-0.4, -0.2) is 26.9 Å². The Labute approximate surface area is 125 Å². The standard InChI is InChI=1S/C12H18N6S2/c1-2-14-12-18-16-10(20-12)8-4-3-7(5-8)6-9-15-17-11(13)19-9/h7-8H,2-6H2,1H3,(H2,13,17)(H,14,18). The van der Waals surface area contributed by atoms with Crippen molar-refractivity contribution >= 4 is 32.9 Å². The fraction of sp³-hybridized carbons (Fsp3) is 0.667. The summed E-state index contributed by atoms with van der Waals surface area (Å²) in [6.07, 6.45) is 4.57. The van der Waals surface area contributed by atoms with E-state index in [0.29, 0.717) is 17.0 Å². The number of hydrogen-bond donors (Lipinski definition) is 2. The van der Waals surface area contributed by atoms with Gasteiger partial charge in [0.05, 0.1) is 0 Å². The van der Waals surface area contributed by atoms with Crippen LogP contribution in [0.5, 0.6) is 0 Å². The van der Waals surface area contributed by atoms with Gasteiger partial charge in [-0.3, -0.25) is 0 Å². The van der Waals surface area contributed by atoms with E-state index in [1.165, 1.54) is 35.6 Å². The highest BCUT2D eigenvalue weighted by molar-refractivity contribution is 7.15. The van der Waals surface area contributed by atoms with Gasteiger partial charge in [0.2, 0.25) is 10.3 Å². The van der Waals surface area contributed by atoms with Crippen molar-refractivity contribution in [2.24, 2.45) is 5.92 Å². The molecule has 0 radical (unpaired) electrons. The average Bonchev–Trinajstić information content (AvgIpc) is 3.12. The van der Waals surface area contributed by atoms with Crippen molar-refractivity contribution in [2.45, 2.75) is 38.5 Å². The molecule has 0 amide bonds. The van der Waals surface area contributed by atoms with Crippen molar-refractivity contribution in [2.75, 3.05) is 17.6 Å². The molecule has 0 bridgehead atoms. The molecule has 1 saturated carbocycles. The zero-order valence-corrected chi connectivity index (χ0v) is 13.0. The largest absolute Gasteiger partial charge is 0.374 e. The summed E-state index contributed by atoms with van der Waals surface area (Å²) in [6.45, 7) is 2.96. The van der Waals surface area contributed by atoms with Gasteiger partial charge in [0.15, 0.2) is 0 Å². The van der Waals surface area contributed by atoms with Gasteiger partial charge >= 0.3 is 0 Å². The summed E-state index contributed by atoms with van der Waals surface area (Å²) in [5.41, 5.74) is 5.62. The number of rotatable bonds is 5. The summed E-state index contributed by atoms with van der Waals surface area (Å²) in [7, 11) is 0. The van der Waals surface area contributed by atoms with Gasteiger partial charge in [-0.25, -0.2) is 0 Å². The van der Waals surface area contributed by atoms with Crippen LogP contribution >= 0.6 is 22.7 Å².